The molecule has 1 saturated carbocycles. The Morgan fingerprint density at radius 1 is 1.14 bits per heavy atom. The number of amides is 2. The molecular weight excluding hydrogens is 352 g/mol. The van der Waals surface area contributed by atoms with E-state index in [2.05, 4.69) is 10.3 Å². The minimum atomic E-state index is -0.201. The maximum absolute atomic E-state index is 13.6. The summed E-state index contributed by atoms with van der Waals surface area (Å²) in [6, 6.07) is 6.44. The van der Waals surface area contributed by atoms with Gasteiger partial charge in [-0.1, -0.05) is 18.9 Å². The Morgan fingerprint density at radius 2 is 2.00 bits per heavy atom. The van der Waals surface area contributed by atoms with E-state index in [0.29, 0.717) is 25.6 Å². The Labute approximate surface area is 167 Å². The average molecular weight is 385 g/mol. The van der Waals surface area contributed by atoms with E-state index in [0.717, 1.165) is 50.9 Å². The van der Waals surface area contributed by atoms with Crippen molar-refractivity contribution < 1.29 is 9.59 Å². The summed E-state index contributed by atoms with van der Waals surface area (Å²) in [4.78, 5) is 34.7. The molecule has 3 aliphatic rings. The SMILES string of the molecule is O=C1CC(C(=O)N(Cc2ccccn2)C2CCCNCC2)CN1C1CCCC1. The van der Waals surface area contributed by atoms with Gasteiger partial charge in [0.1, 0.15) is 0 Å². The molecule has 2 atom stereocenters. The van der Waals surface area contributed by atoms with Crippen LogP contribution in [0.1, 0.15) is 57.1 Å². The molecule has 2 saturated heterocycles. The normalized spacial score (nSPS) is 26.4. The van der Waals surface area contributed by atoms with Gasteiger partial charge in [-0.3, -0.25) is 14.6 Å². The number of hydrogen-bond acceptors (Lipinski definition) is 4. The molecule has 1 aliphatic carbocycles. The zero-order valence-electron chi connectivity index (χ0n) is 16.7. The van der Waals surface area contributed by atoms with E-state index < -0.39 is 0 Å². The van der Waals surface area contributed by atoms with Crippen LogP contribution in [0, 0.1) is 5.92 Å². The Bertz CT molecular complexity index is 666. The molecule has 2 amide bonds. The molecule has 4 rings (SSSR count). The monoisotopic (exact) mass is 384 g/mol. The average Bonchev–Trinajstić information content (AvgIpc) is 3.29. The van der Waals surface area contributed by atoms with Crippen LogP contribution >= 0.6 is 0 Å². The van der Waals surface area contributed by atoms with Crippen LogP contribution in [0.5, 0.6) is 0 Å². The Morgan fingerprint density at radius 3 is 2.79 bits per heavy atom. The molecule has 0 radical (unpaired) electrons. The third-order valence-corrected chi connectivity index (χ3v) is 6.60. The molecule has 2 unspecified atom stereocenters. The van der Waals surface area contributed by atoms with Crippen LogP contribution in [0.2, 0.25) is 0 Å². The molecule has 0 bridgehead atoms. The highest BCUT2D eigenvalue weighted by atomic mass is 16.2. The zero-order chi connectivity index (χ0) is 19.3. The van der Waals surface area contributed by atoms with Crippen molar-refractivity contribution in [2.45, 2.75) is 70.0 Å². The molecule has 1 N–H and O–H groups in total. The van der Waals surface area contributed by atoms with Gasteiger partial charge in [-0.05, 0) is 57.3 Å². The summed E-state index contributed by atoms with van der Waals surface area (Å²) in [7, 11) is 0. The van der Waals surface area contributed by atoms with E-state index in [-0.39, 0.29) is 23.8 Å². The van der Waals surface area contributed by atoms with Gasteiger partial charge in [0, 0.05) is 31.2 Å². The number of nitrogens with one attached hydrogen (secondary N) is 1. The molecule has 152 valence electrons. The van der Waals surface area contributed by atoms with Gasteiger partial charge in [0.25, 0.3) is 0 Å². The van der Waals surface area contributed by atoms with Crippen molar-refractivity contribution >= 4 is 11.8 Å². The van der Waals surface area contributed by atoms with Gasteiger partial charge in [-0.25, -0.2) is 0 Å². The van der Waals surface area contributed by atoms with Crippen molar-refractivity contribution in [3.63, 3.8) is 0 Å². The van der Waals surface area contributed by atoms with Gasteiger partial charge in [-0.2, -0.15) is 0 Å². The first kappa shape index (κ1) is 19.4. The smallest absolute Gasteiger partial charge is 0.228 e. The van der Waals surface area contributed by atoms with Crippen molar-refractivity contribution in [1.82, 2.24) is 20.1 Å². The lowest BCUT2D eigenvalue weighted by molar-refractivity contribution is -0.139. The number of nitrogens with zero attached hydrogens (tertiary/aromatic N) is 3. The van der Waals surface area contributed by atoms with Gasteiger partial charge in [0.2, 0.25) is 11.8 Å². The van der Waals surface area contributed by atoms with Crippen molar-refractivity contribution in [2.24, 2.45) is 5.92 Å². The van der Waals surface area contributed by atoms with Crippen LogP contribution in [0.25, 0.3) is 0 Å². The van der Waals surface area contributed by atoms with Crippen LogP contribution in [0.4, 0.5) is 0 Å². The maximum atomic E-state index is 13.6. The Hall–Kier alpha value is -1.95. The molecule has 3 heterocycles. The van der Waals surface area contributed by atoms with E-state index in [1.165, 1.54) is 12.8 Å². The fourth-order valence-electron chi connectivity index (χ4n) is 5.07. The molecule has 0 spiro atoms. The summed E-state index contributed by atoms with van der Waals surface area (Å²) in [5, 5.41) is 3.44. The van der Waals surface area contributed by atoms with Gasteiger partial charge < -0.3 is 15.1 Å². The lowest BCUT2D eigenvalue weighted by Gasteiger charge is -2.33. The first-order valence-corrected chi connectivity index (χ1v) is 10.9. The summed E-state index contributed by atoms with van der Waals surface area (Å²) < 4.78 is 0. The molecule has 6 nitrogen and oxygen atoms in total. The second-order valence-electron chi connectivity index (χ2n) is 8.51. The van der Waals surface area contributed by atoms with Gasteiger partial charge in [-0.15, -0.1) is 0 Å². The molecule has 1 aromatic rings. The Kier molecular flexibility index (Phi) is 6.25. The third kappa shape index (κ3) is 4.37. The number of carbonyl (C=O) groups is 2. The summed E-state index contributed by atoms with van der Waals surface area (Å²) in [5.74, 6) is 0.116. The van der Waals surface area contributed by atoms with E-state index >= 15 is 0 Å². The number of likely N-dealkylation sites (tertiary alicyclic amines) is 1. The predicted molar refractivity (Wildman–Crippen MR) is 107 cm³/mol. The topological polar surface area (TPSA) is 65.5 Å². The standard InChI is InChI=1S/C22H32N4O2/c27-21-14-17(15-25(21)19-7-1-2-8-19)22(28)26(16-18-6-3-4-12-24-18)20-9-5-11-23-13-10-20/h3-4,6,12,17,19-20,23H,1-2,5,7-11,13-16H2. The highest BCUT2D eigenvalue weighted by Gasteiger charge is 2.41. The second-order valence-corrected chi connectivity index (χ2v) is 8.51. The number of carbonyl (C=O) groups excluding carboxylic acids is 2. The van der Waals surface area contributed by atoms with E-state index in [1.54, 1.807) is 6.20 Å². The minimum Gasteiger partial charge on any atom is -0.339 e. The van der Waals surface area contributed by atoms with E-state index in [4.69, 9.17) is 0 Å². The molecule has 3 fully saturated rings. The van der Waals surface area contributed by atoms with Gasteiger partial charge >= 0.3 is 0 Å². The van der Waals surface area contributed by atoms with Crippen molar-refractivity contribution in [2.75, 3.05) is 19.6 Å². The lowest BCUT2D eigenvalue weighted by atomic mass is 10.0. The molecule has 0 aromatic carbocycles. The molecule has 2 aliphatic heterocycles. The highest BCUT2D eigenvalue weighted by molar-refractivity contribution is 5.89. The molecule has 28 heavy (non-hydrogen) atoms. The van der Waals surface area contributed by atoms with E-state index in [9.17, 15) is 9.59 Å². The fraction of sp³-hybridized carbons (Fsp3) is 0.682. The summed E-state index contributed by atoms with van der Waals surface area (Å²) in [6.07, 6.45) is 9.81. The summed E-state index contributed by atoms with van der Waals surface area (Å²) in [5.41, 5.74) is 0.921. The third-order valence-electron chi connectivity index (χ3n) is 6.60. The fourth-order valence-corrected chi connectivity index (χ4v) is 5.07. The van der Waals surface area contributed by atoms with Gasteiger partial charge in [0.05, 0.1) is 18.2 Å². The predicted octanol–water partition coefficient (Wildman–Crippen LogP) is 2.34. The second kappa shape index (κ2) is 9.03. The minimum absolute atomic E-state index is 0.145. The number of pyridine rings is 1. The number of aromatic nitrogens is 1. The summed E-state index contributed by atoms with van der Waals surface area (Å²) in [6.45, 7) is 3.10. The van der Waals surface area contributed by atoms with Crippen LogP contribution < -0.4 is 5.32 Å². The molecule has 1 aromatic heterocycles. The van der Waals surface area contributed by atoms with Crippen LogP contribution in [0.3, 0.4) is 0 Å². The van der Waals surface area contributed by atoms with Crippen molar-refractivity contribution in [1.29, 1.82) is 0 Å². The highest BCUT2D eigenvalue weighted by Crippen LogP contribution is 2.31. The van der Waals surface area contributed by atoms with Crippen molar-refractivity contribution in [3.8, 4) is 0 Å². The van der Waals surface area contributed by atoms with Gasteiger partial charge in [0.15, 0.2) is 0 Å². The number of rotatable bonds is 5. The van der Waals surface area contributed by atoms with Crippen LogP contribution in [-0.2, 0) is 16.1 Å². The number of hydrogen-bond donors (Lipinski definition) is 1. The quantitative estimate of drug-likeness (QED) is 0.846. The van der Waals surface area contributed by atoms with Crippen LogP contribution in [-0.4, -0.2) is 58.3 Å². The first-order chi connectivity index (χ1) is 13.7. The molecule has 6 heteroatoms. The van der Waals surface area contributed by atoms with E-state index in [1.807, 2.05) is 28.0 Å². The zero-order valence-corrected chi connectivity index (χ0v) is 16.7. The first-order valence-electron chi connectivity index (χ1n) is 10.9. The molecular formula is C22H32N4O2. The maximum Gasteiger partial charge on any atom is 0.228 e. The van der Waals surface area contributed by atoms with Crippen LogP contribution in [0.15, 0.2) is 24.4 Å². The van der Waals surface area contributed by atoms with Crippen molar-refractivity contribution in [3.05, 3.63) is 30.1 Å². The largest absolute Gasteiger partial charge is 0.339 e. The summed E-state index contributed by atoms with van der Waals surface area (Å²) >= 11 is 0. The Balaban J connectivity index is 1.49. The lowest BCUT2D eigenvalue weighted by Crippen LogP contribution is -2.44.